The first-order valence-corrected chi connectivity index (χ1v) is 5.87. The lowest BCUT2D eigenvalue weighted by Gasteiger charge is -2.18. The summed E-state index contributed by atoms with van der Waals surface area (Å²) in [7, 11) is 0. The molecule has 0 saturated heterocycles. The molecule has 0 saturated carbocycles. The molecule has 0 unspecified atom stereocenters. The van der Waals surface area contributed by atoms with Gasteiger partial charge in [-0.1, -0.05) is 39.8 Å². The number of nitrogens with two attached hydrogens (primary N) is 1. The molecular weight excluding hydrogens is 196 g/mol. The Kier molecular flexibility index (Phi) is 4.11. The van der Waals surface area contributed by atoms with E-state index in [-0.39, 0.29) is 5.41 Å². The number of hydrogen-bond acceptors (Lipinski definition) is 1. The van der Waals surface area contributed by atoms with Crippen molar-refractivity contribution < 1.29 is 0 Å². The molecule has 0 aliphatic rings. The first-order valence-electron chi connectivity index (χ1n) is 5.87. The van der Waals surface area contributed by atoms with Gasteiger partial charge in [-0.05, 0) is 29.5 Å². The molecule has 0 aliphatic heterocycles. The minimum Gasteiger partial charge on any atom is -0.387 e. The highest BCUT2D eigenvalue weighted by molar-refractivity contribution is 5.83. The van der Waals surface area contributed by atoms with E-state index in [1.54, 1.807) is 0 Å². The Bertz CT molecular complexity index is 355. The predicted octanol–water partition coefficient (Wildman–Crippen LogP) is 3.77. The van der Waals surface area contributed by atoms with Crippen molar-refractivity contribution in [2.24, 2.45) is 10.7 Å². The minimum atomic E-state index is 0.192. The molecule has 0 atom stereocenters. The molecule has 0 amide bonds. The van der Waals surface area contributed by atoms with Crippen LogP contribution in [0.2, 0.25) is 0 Å². The molecule has 1 aromatic carbocycles. The van der Waals surface area contributed by atoms with Gasteiger partial charge < -0.3 is 5.73 Å². The second kappa shape index (κ2) is 5.15. The highest BCUT2D eigenvalue weighted by Gasteiger charge is 2.12. The van der Waals surface area contributed by atoms with Crippen LogP contribution in [-0.4, -0.2) is 5.84 Å². The molecular formula is C14H22N2. The van der Waals surface area contributed by atoms with Gasteiger partial charge in [0.1, 0.15) is 0 Å². The molecule has 0 fully saturated rings. The van der Waals surface area contributed by atoms with Crippen LogP contribution in [0.4, 0.5) is 5.69 Å². The van der Waals surface area contributed by atoms with Gasteiger partial charge in [0.15, 0.2) is 0 Å². The minimum absolute atomic E-state index is 0.192. The van der Waals surface area contributed by atoms with Crippen LogP contribution in [0.15, 0.2) is 29.3 Å². The van der Waals surface area contributed by atoms with Crippen molar-refractivity contribution >= 4 is 11.5 Å². The Hall–Kier alpha value is -1.31. The van der Waals surface area contributed by atoms with E-state index in [0.717, 1.165) is 18.5 Å². The number of aliphatic imine (C=N–C) groups is 1. The Balaban J connectivity index is 2.83. The third kappa shape index (κ3) is 3.69. The molecule has 2 nitrogen and oxygen atoms in total. The molecule has 0 aliphatic carbocycles. The molecule has 0 heterocycles. The molecule has 0 bridgehead atoms. The lowest BCUT2D eigenvalue weighted by Crippen LogP contribution is -2.11. The van der Waals surface area contributed by atoms with E-state index in [0.29, 0.717) is 5.84 Å². The van der Waals surface area contributed by atoms with E-state index in [1.807, 2.05) is 12.1 Å². The molecule has 0 aromatic heterocycles. The number of hydrogen-bond donors (Lipinski definition) is 1. The lowest BCUT2D eigenvalue weighted by atomic mass is 9.87. The predicted molar refractivity (Wildman–Crippen MR) is 71.3 cm³/mol. The Morgan fingerprint density at radius 1 is 1.19 bits per heavy atom. The van der Waals surface area contributed by atoms with Gasteiger partial charge in [-0.2, -0.15) is 0 Å². The van der Waals surface area contributed by atoms with Gasteiger partial charge in [-0.15, -0.1) is 0 Å². The summed E-state index contributed by atoms with van der Waals surface area (Å²) in [6.45, 7) is 8.72. The van der Waals surface area contributed by atoms with Gasteiger partial charge in [0.2, 0.25) is 0 Å². The number of rotatable bonds is 3. The molecule has 0 radical (unpaired) electrons. The summed E-state index contributed by atoms with van der Waals surface area (Å²) in [5, 5.41) is 0. The topological polar surface area (TPSA) is 38.4 Å². The fourth-order valence-electron chi connectivity index (χ4n) is 1.51. The maximum absolute atomic E-state index is 5.79. The van der Waals surface area contributed by atoms with E-state index in [2.05, 4.69) is 44.8 Å². The zero-order chi connectivity index (χ0) is 12.2. The smallest absolute Gasteiger partial charge is 0.0996 e. The lowest BCUT2D eigenvalue weighted by molar-refractivity contribution is 0.590. The average Bonchev–Trinajstić information content (AvgIpc) is 2.17. The van der Waals surface area contributed by atoms with Gasteiger partial charge in [-0.3, -0.25) is 0 Å². The maximum Gasteiger partial charge on any atom is 0.0996 e. The number of nitrogens with zero attached hydrogens (tertiary/aromatic N) is 1. The summed E-state index contributed by atoms with van der Waals surface area (Å²) >= 11 is 0. The molecule has 0 spiro atoms. The summed E-state index contributed by atoms with van der Waals surface area (Å²) in [4.78, 5) is 4.37. The van der Waals surface area contributed by atoms with E-state index in [9.17, 15) is 0 Å². The van der Waals surface area contributed by atoms with Gasteiger partial charge in [0.25, 0.3) is 0 Å². The van der Waals surface area contributed by atoms with Crippen LogP contribution in [0, 0.1) is 0 Å². The summed E-state index contributed by atoms with van der Waals surface area (Å²) in [5.41, 5.74) is 8.25. The van der Waals surface area contributed by atoms with E-state index < -0.39 is 0 Å². The Labute approximate surface area is 98.6 Å². The van der Waals surface area contributed by atoms with Crippen LogP contribution in [-0.2, 0) is 5.41 Å². The van der Waals surface area contributed by atoms with Crippen molar-refractivity contribution in [3.8, 4) is 0 Å². The van der Waals surface area contributed by atoms with Gasteiger partial charge in [0, 0.05) is 6.42 Å². The summed E-state index contributed by atoms with van der Waals surface area (Å²) < 4.78 is 0. The number of benzene rings is 1. The largest absolute Gasteiger partial charge is 0.387 e. The summed E-state index contributed by atoms with van der Waals surface area (Å²) in [5.74, 6) is 0.714. The van der Waals surface area contributed by atoms with Crippen molar-refractivity contribution in [3.63, 3.8) is 0 Å². The molecule has 2 N–H and O–H groups in total. The van der Waals surface area contributed by atoms with Crippen LogP contribution >= 0.6 is 0 Å². The van der Waals surface area contributed by atoms with E-state index in [4.69, 9.17) is 5.73 Å². The standard InChI is InChI=1S/C14H22N2/c1-5-6-13(15)16-12-9-7-11(8-10-12)14(2,3)4/h7-10H,5-6H2,1-4H3,(H2,15,16). The van der Waals surface area contributed by atoms with E-state index >= 15 is 0 Å². The Morgan fingerprint density at radius 3 is 2.19 bits per heavy atom. The van der Waals surface area contributed by atoms with Crippen molar-refractivity contribution in [2.45, 2.75) is 46.0 Å². The normalized spacial score (nSPS) is 12.9. The second-order valence-electron chi connectivity index (χ2n) is 5.15. The molecule has 2 heteroatoms. The van der Waals surface area contributed by atoms with Gasteiger partial charge in [0.05, 0.1) is 11.5 Å². The highest BCUT2D eigenvalue weighted by atomic mass is 14.8. The average molecular weight is 218 g/mol. The fraction of sp³-hybridized carbons (Fsp3) is 0.500. The van der Waals surface area contributed by atoms with Crippen molar-refractivity contribution in [2.75, 3.05) is 0 Å². The third-order valence-corrected chi connectivity index (χ3v) is 2.51. The summed E-state index contributed by atoms with van der Waals surface area (Å²) in [6, 6.07) is 8.31. The first-order chi connectivity index (χ1) is 7.43. The first kappa shape index (κ1) is 12.8. The third-order valence-electron chi connectivity index (χ3n) is 2.51. The molecule has 16 heavy (non-hydrogen) atoms. The van der Waals surface area contributed by atoms with Crippen molar-refractivity contribution in [3.05, 3.63) is 29.8 Å². The van der Waals surface area contributed by atoms with Crippen LogP contribution in [0.25, 0.3) is 0 Å². The number of amidine groups is 1. The Morgan fingerprint density at radius 2 is 1.75 bits per heavy atom. The van der Waals surface area contributed by atoms with Crippen molar-refractivity contribution in [1.29, 1.82) is 0 Å². The van der Waals surface area contributed by atoms with Crippen molar-refractivity contribution in [1.82, 2.24) is 0 Å². The molecule has 88 valence electrons. The monoisotopic (exact) mass is 218 g/mol. The zero-order valence-corrected chi connectivity index (χ0v) is 10.7. The van der Waals surface area contributed by atoms with Crippen LogP contribution in [0.3, 0.4) is 0 Å². The zero-order valence-electron chi connectivity index (χ0n) is 10.7. The highest BCUT2D eigenvalue weighted by Crippen LogP contribution is 2.24. The quantitative estimate of drug-likeness (QED) is 0.608. The molecule has 1 aromatic rings. The second-order valence-corrected chi connectivity index (χ2v) is 5.15. The SMILES string of the molecule is CCCC(N)=Nc1ccc(C(C)(C)C)cc1. The van der Waals surface area contributed by atoms with Crippen LogP contribution < -0.4 is 5.73 Å². The van der Waals surface area contributed by atoms with Gasteiger partial charge in [-0.25, -0.2) is 4.99 Å². The van der Waals surface area contributed by atoms with Crippen LogP contribution in [0.1, 0.15) is 46.1 Å². The maximum atomic E-state index is 5.79. The van der Waals surface area contributed by atoms with E-state index in [1.165, 1.54) is 5.56 Å². The fourth-order valence-corrected chi connectivity index (χ4v) is 1.51. The van der Waals surface area contributed by atoms with Crippen LogP contribution in [0.5, 0.6) is 0 Å². The van der Waals surface area contributed by atoms with Gasteiger partial charge >= 0.3 is 0 Å². The molecule has 1 rings (SSSR count). The summed E-state index contributed by atoms with van der Waals surface area (Å²) in [6.07, 6.45) is 1.90.